The van der Waals surface area contributed by atoms with E-state index in [0.29, 0.717) is 12.2 Å². The van der Waals surface area contributed by atoms with E-state index in [4.69, 9.17) is 0 Å². The Morgan fingerprint density at radius 1 is 1.38 bits per heavy atom. The lowest BCUT2D eigenvalue weighted by Crippen LogP contribution is -2.00. The summed E-state index contributed by atoms with van der Waals surface area (Å²) < 4.78 is 1.94. The Kier molecular flexibility index (Phi) is 1.80. The molecule has 0 saturated heterocycles. The van der Waals surface area contributed by atoms with Gasteiger partial charge in [-0.3, -0.25) is 0 Å². The van der Waals surface area contributed by atoms with E-state index in [0.717, 1.165) is 5.82 Å². The van der Waals surface area contributed by atoms with Gasteiger partial charge in [-0.25, -0.2) is 4.98 Å². The van der Waals surface area contributed by atoms with Gasteiger partial charge in [0.05, 0.1) is 13.5 Å². The predicted molar refractivity (Wildman–Crippen MR) is 44.8 cm³/mol. The molecule has 0 aliphatic heterocycles. The maximum Gasteiger partial charge on any atom is 0.182 e. The van der Waals surface area contributed by atoms with Crippen LogP contribution in [0.3, 0.4) is 0 Å². The Labute approximate surface area is 75.2 Å². The minimum Gasteiger partial charge on any atom is -0.338 e. The van der Waals surface area contributed by atoms with Crippen molar-refractivity contribution in [3.05, 3.63) is 24.0 Å². The lowest BCUT2D eigenvalue weighted by Gasteiger charge is -1.95. The first-order valence-corrected chi connectivity index (χ1v) is 3.95. The van der Waals surface area contributed by atoms with E-state index in [1.165, 1.54) is 4.80 Å². The van der Waals surface area contributed by atoms with Gasteiger partial charge in [-0.2, -0.15) is 4.80 Å². The molecule has 2 heterocycles. The average molecular weight is 178 g/mol. The first-order valence-electron chi connectivity index (χ1n) is 3.95. The minimum atomic E-state index is 0.622. The first kappa shape index (κ1) is 7.90. The van der Waals surface area contributed by atoms with Crippen molar-refractivity contribution < 1.29 is 0 Å². The average Bonchev–Trinajstić information content (AvgIpc) is 2.64. The maximum atomic E-state index is 4.17. The third-order valence-corrected chi connectivity index (χ3v) is 1.79. The Hall–Kier alpha value is -1.72. The molecule has 68 valence electrons. The largest absolute Gasteiger partial charge is 0.338 e. The molecule has 13 heavy (non-hydrogen) atoms. The van der Waals surface area contributed by atoms with Crippen LogP contribution in [0.1, 0.15) is 11.6 Å². The van der Waals surface area contributed by atoms with E-state index >= 15 is 0 Å². The van der Waals surface area contributed by atoms with Crippen LogP contribution in [0.15, 0.2) is 12.4 Å². The summed E-state index contributed by atoms with van der Waals surface area (Å²) in [5.74, 6) is 1.63. The summed E-state index contributed by atoms with van der Waals surface area (Å²) in [6.45, 7) is 0. The Balaban J connectivity index is 2.19. The van der Waals surface area contributed by atoms with Crippen LogP contribution in [0.2, 0.25) is 0 Å². The molecule has 0 aromatic carbocycles. The number of hydrogen-bond acceptors (Lipinski definition) is 4. The Bertz CT molecular complexity index is 401. The van der Waals surface area contributed by atoms with E-state index in [1.54, 1.807) is 13.2 Å². The zero-order valence-electron chi connectivity index (χ0n) is 7.55. The second-order valence-electron chi connectivity index (χ2n) is 2.83. The fraction of sp³-hybridized carbons (Fsp3) is 0.429. The minimum absolute atomic E-state index is 0.622. The molecule has 0 N–H and O–H groups in total. The quantitative estimate of drug-likeness (QED) is 0.624. The molecule has 0 radical (unpaired) electrons. The van der Waals surface area contributed by atoms with Gasteiger partial charge in [0, 0.05) is 19.4 Å². The smallest absolute Gasteiger partial charge is 0.182 e. The topological polar surface area (TPSA) is 61.4 Å². The van der Waals surface area contributed by atoms with Crippen molar-refractivity contribution in [2.75, 3.05) is 0 Å². The summed E-state index contributed by atoms with van der Waals surface area (Å²) in [6, 6.07) is 0. The van der Waals surface area contributed by atoms with Crippen molar-refractivity contribution in [3.63, 3.8) is 0 Å². The molecule has 0 atom stereocenters. The second kappa shape index (κ2) is 2.96. The summed E-state index contributed by atoms with van der Waals surface area (Å²) in [7, 11) is 3.69. The van der Waals surface area contributed by atoms with Crippen molar-refractivity contribution in [2.45, 2.75) is 6.42 Å². The summed E-state index contributed by atoms with van der Waals surface area (Å²) in [6.07, 6.45) is 4.27. The number of aromatic nitrogens is 6. The normalized spacial score (nSPS) is 10.6. The first-order chi connectivity index (χ1) is 6.25. The summed E-state index contributed by atoms with van der Waals surface area (Å²) >= 11 is 0. The number of imidazole rings is 1. The predicted octanol–water partition coefficient (Wildman–Crippen LogP) is -0.466. The highest BCUT2D eigenvalue weighted by Gasteiger charge is 2.05. The van der Waals surface area contributed by atoms with Gasteiger partial charge >= 0.3 is 0 Å². The Morgan fingerprint density at radius 2 is 2.23 bits per heavy atom. The highest BCUT2D eigenvalue weighted by Crippen LogP contribution is 1.99. The SMILES string of the molecule is Cn1nnc(Cc2nccn2C)n1. The van der Waals surface area contributed by atoms with Crippen molar-refractivity contribution in [1.82, 2.24) is 29.8 Å². The summed E-state index contributed by atoms with van der Waals surface area (Å²) in [5.41, 5.74) is 0. The van der Waals surface area contributed by atoms with Gasteiger partial charge in [0.1, 0.15) is 5.82 Å². The molecule has 0 amide bonds. The van der Waals surface area contributed by atoms with Crippen LogP contribution in [0.5, 0.6) is 0 Å². The Morgan fingerprint density at radius 3 is 2.77 bits per heavy atom. The highest BCUT2D eigenvalue weighted by atomic mass is 15.6. The second-order valence-corrected chi connectivity index (χ2v) is 2.83. The fourth-order valence-corrected chi connectivity index (χ4v) is 1.10. The van der Waals surface area contributed by atoms with Gasteiger partial charge in [-0.1, -0.05) is 0 Å². The van der Waals surface area contributed by atoms with Crippen molar-refractivity contribution in [2.24, 2.45) is 14.1 Å². The molecule has 2 rings (SSSR count). The van der Waals surface area contributed by atoms with Gasteiger partial charge in [-0.15, -0.1) is 10.2 Å². The molecule has 0 spiro atoms. The van der Waals surface area contributed by atoms with Crippen molar-refractivity contribution in [1.29, 1.82) is 0 Å². The summed E-state index contributed by atoms with van der Waals surface area (Å²) in [4.78, 5) is 5.61. The van der Waals surface area contributed by atoms with Gasteiger partial charge in [0.2, 0.25) is 0 Å². The van der Waals surface area contributed by atoms with Crippen molar-refractivity contribution in [3.8, 4) is 0 Å². The molecule has 2 aromatic heterocycles. The van der Waals surface area contributed by atoms with Crippen LogP contribution in [0.4, 0.5) is 0 Å². The lowest BCUT2D eigenvalue weighted by molar-refractivity contribution is 0.627. The highest BCUT2D eigenvalue weighted by molar-refractivity contribution is 4.99. The molecule has 0 bridgehead atoms. The molecular weight excluding hydrogens is 168 g/mol. The summed E-state index contributed by atoms with van der Waals surface area (Å²) in [5, 5.41) is 11.7. The number of hydrogen-bond donors (Lipinski definition) is 0. The fourth-order valence-electron chi connectivity index (χ4n) is 1.10. The molecule has 6 nitrogen and oxygen atoms in total. The zero-order chi connectivity index (χ0) is 9.26. The van der Waals surface area contributed by atoms with Gasteiger partial charge in [-0.05, 0) is 5.21 Å². The molecular formula is C7H10N6. The monoisotopic (exact) mass is 178 g/mol. The molecule has 0 aliphatic rings. The third kappa shape index (κ3) is 1.56. The van der Waals surface area contributed by atoms with Crippen LogP contribution >= 0.6 is 0 Å². The van der Waals surface area contributed by atoms with Crippen LogP contribution in [0.25, 0.3) is 0 Å². The maximum absolute atomic E-state index is 4.17. The van der Waals surface area contributed by atoms with E-state index in [1.807, 2.05) is 17.8 Å². The van der Waals surface area contributed by atoms with E-state index in [2.05, 4.69) is 20.4 Å². The standard InChI is InChI=1S/C7H10N6/c1-12-4-3-8-7(12)5-6-9-11-13(2)10-6/h3-4H,5H2,1-2H3. The van der Waals surface area contributed by atoms with Gasteiger partial charge < -0.3 is 4.57 Å². The van der Waals surface area contributed by atoms with E-state index in [9.17, 15) is 0 Å². The zero-order valence-corrected chi connectivity index (χ0v) is 7.55. The van der Waals surface area contributed by atoms with Crippen LogP contribution in [0, 0.1) is 0 Å². The number of rotatable bonds is 2. The van der Waals surface area contributed by atoms with Crippen LogP contribution < -0.4 is 0 Å². The van der Waals surface area contributed by atoms with Crippen molar-refractivity contribution >= 4 is 0 Å². The third-order valence-electron chi connectivity index (χ3n) is 1.79. The molecule has 6 heteroatoms. The molecule has 0 saturated carbocycles. The molecule has 0 aliphatic carbocycles. The lowest BCUT2D eigenvalue weighted by atomic mass is 10.4. The van der Waals surface area contributed by atoms with E-state index in [-0.39, 0.29) is 0 Å². The van der Waals surface area contributed by atoms with E-state index < -0.39 is 0 Å². The number of aryl methyl sites for hydroxylation is 2. The van der Waals surface area contributed by atoms with Gasteiger partial charge in [0.25, 0.3) is 0 Å². The number of tetrazole rings is 1. The van der Waals surface area contributed by atoms with Crippen LogP contribution in [-0.2, 0) is 20.5 Å². The molecule has 0 unspecified atom stereocenters. The molecule has 2 aromatic rings. The van der Waals surface area contributed by atoms with Crippen LogP contribution in [-0.4, -0.2) is 29.8 Å². The number of nitrogens with zero attached hydrogens (tertiary/aromatic N) is 6. The van der Waals surface area contributed by atoms with Gasteiger partial charge in [0.15, 0.2) is 5.82 Å². The molecule has 0 fully saturated rings.